The molecule has 1 aliphatic rings. The monoisotopic (exact) mass is 354 g/mol. The Morgan fingerprint density at radius 1 is 1.71 bits per heavy atom. The Morgan fingerprint density at radius 2 is 2.47 bits per heavy atom. The van der Waals surface area contributed by atoms with Crippen LogP contribution >= 0.6 is 50.6 Å². The standard InChI is InChI=1S/C11H16BrClN2S2/c1-15(7-2-3-16-6-7)9(5-14)10-4-8(12)11(13)17-10/h4,7,9H,2-3,5-6,14H2,1H3. The summed E-state index contributed by atoms with van der Waals surface area (Å²) in [6.07, 6.45) is 1.26. The summed E-state index contributed by atoms with van der Waals surface area (Å²) >= 11 is 13.2. The SMILES string of the molecule is CN(C1CCSC1)C(CN)c1cc(Br)c(Cl)s1. The topological polar surface area (TPSA) is 29.3 Å². The second-order valence-corrected chi connectivity index (χ2v) is 7.89. The van der Waals surface area contributed by atoms with E-state index in [4.69, 9.17) is 17.3 Å². The van der Waals surface area contributed by atoms with Crippen molar-refractivity contribution in [3.05, 3.63) is 19.8 Å². The van der Waals surface area contributed by atoms with Crippen LogP contribution in [0.4, 0.5) is 0 Å². The van der Waals surface area contributed by atoms with Gasteiger partial charge in [-0.1, -0.05) is 11.6 Å². The van der Waals surface area contributed by atoms with Crippen molar-refractivity contribution in [2.45, 2.75) is 18.5 Å². The molecule has 1 saturated heterocycles. The average molecular weight is 356 g/mol. The second kappa shape index (κ2) is 6.26. The molecule has 2 rings (SSSR count). The third kappa shape index (κ3) is 3.19. The summed E-state index contributed by atoms with van der Waals surface area (Å²) in [5.41, 5.74) is 5.93. The van der Waals surface area contributed by atoms with E-state index in [2.05, 4.69) is 33.9 Å². The molecule has 1 aromatic rings. The van der Waals surface area contributed by atoms with Crippen LogP contribution in [0.1, 0.15) is 17.3 Å². The second-order valence-electron chi connectivity index (χ2n) is 4.20. The first-order valence-electron chi connectivity index (χ1n) is 5.58. The van der Waals surface area contributed by atoms with Crippen molar-refractivity contribution in [3.63, 3.8) is 0 Å². The highest BCUT2D eigenvalue weighted by molar-refractivity contribution is 9.10. The fourth-order valence-electron chi connectivity index (χ4n) is 2.11. The van der Waals surface area contributed by atoms with Crippen LogP contribution in [-0.2, 0) is 0 Å². The molecule has 0 radical (unpaired) electrons. The molecule has 2 heterocycles. The summed E-state index contributed by atoms with van der Waals surface area (Å²) in [7, 11) is 2.18. The summed E-state index contributed by atoms with van der Waals surface area (Å²) in [5, 5.41) is 0. The number of halogens is 2. The van der Waals surface area contributed by atoms with Crippen LogP contribution in [0.25, 0.3) is 0 Å². The summed E-state index contributed by atoms with van der Waals surface area (Å²) in [5.74, 6) is 2.48. The molecule has 0 aromatic carbocycles. The van der Waals surface area contributed by atoms with Crippen LogP contribution in [0, 0.1) is 0 Å². The van der Waals surface area contributed by atoms with Crippen LogP contribution < -0.4 is 5.73 Å². The van der Waals surface area contributed by atoms with Gasteiger partial charge >= 0.3 is 0 Å². The zero-order valence-corrected chi connectivity index (χ0v) is 13.6. The van der Waals surface area contributed by atoms with Crippen molar-refractivity contribution in [2.24, 2.45) is 5.73 Å². The molecule has 0 amide bonds. The van der Waals surface area contributed by atoms with Gasteiger partial charge in [-0.05, 0) is 41.2 Å². The minimum atomic E-state index is 0.285. The minimum absolute atomic E-state index is 0.285. The molecule has 1 aliphatic heterocycles. The lowest BCUT2D eigenvalue weighted by Gasteiger charge is -2.31. The Kier molecular flexibility index (Phi) is 5.21. The van der Waals surface area contributed by atoms with Gasteiger partial charge in [0.25, 0.3) is 0 Å². The first-order valence-corrected chi connectivity index (χ1v) is 8.72. The number of thiophene rings is 1. The van der Waals surface area contributed by atoms with Crippen LogP contribution in [-0.4, -0.2) is 36.0 Å². The molecule has 0 aliphatic carbocycles. The molecule has 2 unspecified atom stereocenters. The van der Waals surface area contributed by atoms with Crippen LogP contribution in [0.3, 0.4) is 0 Å². The van der Waals surface area contributed by atoms with E-state index < -0.39 is 0 Å². The summed E-state index contributed by atoms with van der Waals surface area (Å²) in [4.78, 5) is 3.66. The molecule has 17 heavy (non-hydrogen) atoms. The van der Waals surface area contributed by atoms with E-state index in [1.54, 1.807) is 11.3 Å². The van der Waals surface area contributed by atoms with Gasteiger partial charge in [-0.3, -0.25) is 4.90 Å². The maximum atomic E-state index is 6.10. The fourth-order valence-corrected chi connectivity index (χ4v) is 5.29. The highest BCUT2D eigenvalue weighted by atomic mass is 79.9. The van der Waals surface area contributed by atoms with Gasteiger partial charge in [0.2, 0.25) is 0 Å². The summed E-state index contributed by atoms with van der Waals surface area (Å²) in [6, 6.07) is 3.03. The molecule has 1 fully saturated rings. The average Bonchev–Trinajstić information content (AvgIpc) is 2.91. The number of thioether (sulfide) groups is 1. The van der Waals surface area contributed by atoms with Crippen molar-refractivity contribution in [2.75, 3.05) is 25.1 Å². The first kappa shape index (κ1) is 14.2. The van der Waals surface area contributed by atoms with Crippen LogP contribution in [0.2, 0.25) is 4.34 Å². The van der Waals surface area contributed by atoms with E-state index in [0.29, 0.717) is 12.6 Å². The number of likely N-dealkylation sites (N-methyl/N-ethyl adjacent to an activating group) is 1. The molecular formula is C11H16BrClN2S2. The molecule has 0 spiro atoms. The minimum Gasteiger partial charge on any atom is -0.329 e. The maximum absolute atomic E-state index is 6.10. The van der Waals surface area contributed by atoms with Gasteiger partial charge in [0.05, 0.1) is 6.04 Å². The summed E-state index contributed by atoms with van der Waals surface area (Å²) in [6.45, 7) is 0.640. The van der Waals surface area contributed by atoms with E-state index in [9.17, 15) is 0 Å². The predicted molar refractivity (Wildman–Crippen MR) is 82.3 cm³/mol. The van der Waals surface area contributed by atoms with Crippen LogP contribution in [0.15, 0.2) is 10.5 Å². The van der Waals surface area contributed by atoms with E-state index in [0.717, 1.165) is 8.81 Å². The van der Waals surface area contributed by atoms with Gasteiger partial charge < -0.3 is 5.73 Å². The first-order chi connectivity index (χ1) is 8.13. The van der Waals surface area contributed by atoms with E-state index in [1.165, 1.54) is 22.8 Å². The van der Waals surface area contributed by atoms with Crippen molar-refractivity contribution < 1.29 is 0 Å². The van der Waals surface area contributed by atoms with Crippen molar-refractivity contribution in [1.82, 2.24) is 4.90 Å². The molecule has 0 bridgehead atoms. The van der Waals surface area contributed by atoms with Gasteiger partial charge in [0.15, 0.2) is 0 Å². The molecule has 0 saturated carbocycles. The fraction of sp³-hybridized carbons (Fsp3) is 0.636. The van der Waals surface area contributed by atoms with E-state index >= 15 is 0 Å². The van der Waals surface area contributed by atoms with Crippen LogP contribution in [0.5, 0.6) is 0 Å². The Balaban J connectivity index is 2.14. The third-order valence-electron chi connectivity index (χ3n) is 3.19. The third-order valence-corrected chi connectivity index (χ3v) is 6.91. The molecular weight excluding hydrogens is 340 g/mol. The number of hydrogen-bond acceptors (Lipinski definition) is 4. The number of rotatable bonds is 4. The van der Waals surface area contributed by atoms with Gasteiger partial charge in [-0.2, -0.15) is 11.8 Å². The maximum Gasteiger partial charge on any atom is 0.107 e. The Hall–Kier alpha value is 0.740. The normalized spacial score (nSPS) is 22.3. The molecule has 6 heteroatoms. The van der Waals surface area contributed by atoms with Gasteiger partial charge in [-0.25, -0.2) is 0 Å². The zero-order chi connectivity index (χ0) is 12.4. The number of nitrogens with zero attached hydrogens (tertiary/aromatic N) is 1. The summed E-state index contributed by atoms with van der Waals surface area (Å²) < 4.78 is 1.79. The Labute approximate surface area is 124 Å². The zero-order valence-electron chi connectivity index (χ0n) is 9.66. The highest BCUT2D eigenvalue weighted by Crippen LogP contribution is 2.38. The quantitative estimate of drug-likeness (QED) is 0.894. The molecule has 1 aromatic heterocycles. The van der Waals surface area contributed by atoms with Crippen molar-refractivity contribution in [3.8, 4) is 0 Å². The number of hydrogen-bond donors (Lipinski definition) is 1. The lowest BCUT2D eigenvalue weighted by molar-refractivity contribution is 0.195. The largest absolute Gasteiger partial charge is 0.329 e. The predicted octanol–water partition coefficient (Wildman–Crippen LogP) is 3.60. The molecule has 96 valence electrons. The van der Waals surface area contributed by atoms with Gasteiger partial charge in [-0.15, -0.1) is 11.3 Å². The van der Waals surface area contributed by atoms with Crippen molar-refractivity contribution in [1.29, 1.82) is 0 Å². The van der Waals surface area contributed by atoms with Crippen molar-refractivity contribution >= 4 is 50.6 Å². The lowest BCUT2D eigenvalue weighted by atomic mass is 10.1. The van der Waals surface area contributed by atoms with E-state index in [-0.39, 0.29) is 6.04 Å². The van der Waals surface area contributed by atoms with Gasteiger partial charge in [0, 0.05) is 27.7 Å². The van der Waals surface area contributed by atoms with Gasteiger partial charge in [0.1, 0.15) is 4.34 Å². The molecule has 2 atom stereocenters. The molecule has 2 nitrogen and oxygen atoms in total. The number of nitrogens with two attached hydrogens (primary N) is 1. The Bertz CT molecular complexity index is 360. The Morgan fingerprint density at radius 3 is 2.94 bits per heavy atom. The van der Waals surface area contributed by atoms with E-state index in [1.807, 2.05) is 11.8 Å². The highest BCUT2D eigenvalue weighted by Gasteiger charge is 2.27. The lowest BCUT2D eigenvalue weighted by Crippen LogP contribution is -2.38. The molecule has 2 N–H and O–H groups in total. The smallest absolute Gasteiger partial charge is 0.107 e.